The van der Waals surface area contributed by atoms with Crippen molar-refractivity contribution >= 4 is 18.2 Å². The normalized spacial score (nSPS) is 17.6. The van der Waals surface area contributed by atoms with Gasteiger partial charge in [0.2, 0.25) is 0 Å². The quantitative estimate of drug-likeness (QED) is 0.546. The van der Waals surface area contributed by atoms with E-state index in [0.29, 0.717) is 17.4 Å². The summed E-state index contributed by atoms with van der Waals surface area (Å²) in [4.78, 5) is 33.2. The Morgan fingerprint density at radius 1 is 1.50 bits per heavy atom. The van der Waals surface area contributed by atoms with Gasteiger partial charge in [0.1, 0.15) is 0 Å². The van der Waals surface area contributed by atoms with E-state index in [-0.39, 0.29) is 5.56 Å². The number of carbonyl (C=O) groups excluding carboxylic acids is 3. The van der Waals surface area contributed by atoms with Gasteiger partial charge in [0.15, 0.2) is 12.4 Å². The Bertz CT molecular complexity index is 477. The minimum Gasteiger partial charge on any atom is -0.465 e. The molecule has 82 valence electrons. The Morgan fingerprint density at radius 2 is 2.25 bits per heavy atom. The molecule has 16 heavy (non-hydrogen) atoms. The van der Waals surface area contributed by atoms with Crippen molar-refractivity contribution in [1.82, 2.24) is 0 Å². The van der Waals surface area contributed by atoms with Crippen LogP contribution in [-0.2, 0) is 14.3 Å². The minimum absolute atomic E-state index is 0.284. The molecule has 0 N–H and O–H groups in total. The van der Waals surface area contributed by atoms with E-state index in [2.05, 4.69) is 4.74 Å². The molecular formula is C11H8O5. The summed E-state index contributed by atoms with van der Waals surface area (Å²) in [5.74, 6) is -1.07. The first-order chi connectivity index (χ1) is 7.67. The Kier molecular flexibility index (Phi) is 2.44. The van der Waals surface area contributed by atoms with Crippen LogP contribution in [0.25, 0.3) is 0 Å². The van der Waals surface area contributed by atoms with E-state index in [0.717, 1.165) is 0 Å². The Labute approximate surface area is 91.0 Å². The Balaban J connectivity index is 2.49. The standard InChI is InChI=1S/C11H8O5/c1-15-10(13)6-2-3-7-8(4-6)9(5-12)16-11(7)14/h2-5,9H,1H3. The number of benzene rings is 1. The molecule has 0 aromatic heterocycles. The van der Waals surface area contributed by atoms with Gasteiger partial charge >= 0.3 is 11.9 Å². The van der Waals surface area contributed by atoms with E-state index in [1.165, 1.54) is 25.3 Å². The molecular weight excluding hydrogens is 212 g/mol. The first kappa shape index (κ1) is 10.4. The fraction of sp³-hybridized carbons (Fsp3) is 0.182. The van der Waals surface area contributed by atoms with E-state index in [9.17, 15) is 14.4 Å². The maximum absolute atomic E-state index is 11.3. The fourth-order valence-corrected chi connectivity index (χ4v) is 1.57. The minimum atomic E-state index is -0.924. The summed E-state index contributed by atoms with van der Waals surface area (Å²) < 4.78 is 9.33. The van der Waals surface area contributed by atoms with Gasteiger partial charge in [-0.25, -0.2) is 9.59 Å². The van der Waals surface area contributed by atoms with E-state index in [4.69, 9.17) is 4.74 Å². The van der Waals surface area contributed by atoms with Gasteiger partial charge in [-0.05, 0) is 18.2 Å². The molecule has 0 saturated carbocycles. The van der Waals surface area contributed by atoms with Crippen LogP contribution in [0.5, 0.6) is 0 Å². The number of carbonyl (C=O) groups is 3. The van der Waals surface area contributed by atoms with Crippen molar-refractivity contribution in [3.63, 3.8) is 0 Å². The molecule has 1 atom stereocenters. The summed E-state index contributed by atoms with van der Waals surface area (Å²) in [7, 11) is 1.26. The van der Waals surface area contributed by atoms with Crippen molar-refractivity contribution in [3.8, 4) is 0 Å². The van der Waals surface area contributed by atoms with Crippen LogP contribution in [0.15, 0.2) is 18.2 Å². The highest BCUT2D eigenvalue weighted by Crippen LogP contribution is 2.29. The second-order valence-corrected chi connectivity index (χ2v) is 3.26. The average molecular weight is 220 g/mol. The number of aldehydes is 1. The number of rotatable bonds is 2. The van der Waals surface area contributed by atoms with Crippen LogP contribution in [0.4, 0.5) is 0 Å². The van der Waals surface area contributed by atoms with Gasteiger partial charge in [0, 0.05) is 5.56 Å². The van der Waals surface area contributed by atoms with E-state index < -0.39 is 18.0 Å². The third-order valence-corrected chi connectivity index (χ3v) is 2.36. The predicted molar refractivity (Wildman–Crippen MR) is 52.0 cm³/mol. The van der Waals surface area contributed by atoms with Crippen LogP contribution in [0.3, 0.4) is 0 Å². The number of ether oxygens (including phenoxy) is 2. The summed E-state index contributed by atoms with van der Waals surface area (Å²) in [6, 6.07) is 4.34. The molecule has 0 saturated heterocycles. The highest BCUT2D eigenvalue weighted by molar-refractivity contribution is 5.99. The molecule has 1 aromatic carbocycles. The maximum Gasteiger partial charge on any atom is 0.339 e. The molecule has 1 aliphatic heterocycles. The van der Waals surface area contributed by atoms with Gasteiger partial charge in [-0.15, -0.1) is 0 Å². The number of methoxy groups -OCH3 is 1. The summed E-state index contributed by atoms with van der Waals surface area (Å²) in [6.07, 6.45) is -0.405. The lowest BCUT2D eigenvalue weighted by molar-refractivity contribution is -0.115. The highest BCUT2D eigenvalue weighted by atomic mass is 16.6. The molecule has 1 unspecified atom stereocenters. The molecule has 0 fully saturated rings. The number of hydrogen-bond donors (Lipinski definition) is 0. The molecule has 0 bridgehead atoms. The number of hydrogen-bond acceptors (Lipinski definition) is 5. The van der Waals surface area contributed by atoms with Crippen LogP contribution in [0.2, 0.25) is 0 Å². The van der Waals surface area contributed by atoms with Crippen molar-refractivity contribution in [2.24, 2.45) is 0 Å². The first-order valence-corrected chi connectivity index (χ1v) is 4.56. The SMILES string of the molecule is COC(=O)c1ccc2c(c1)C(C=O)OC2=O. The maximum atomic E-state index is 11.3. The summed E-state index contributed by atoms with van der Waals surface area (Å²) in [5.41, 5.74) is 0.999. The van der Waals surface area contributed by atoms with Crippen molar-refractivity contribution in [2.75, 3.05) is 7.11 Å². The van der Waals surface area contributed by atoms with Gasteiger partial charge < -0.3 is 9.47 Å². The summed E-state index contributed by atoms with van der Waals surface area (Å²) >= 11 is 0. The monoisotopic (exact) mass is 220 g/mol. The lowest BCUT2D eigenvalue weighted by Crippen LogP contribution is -2.03. The lowest BCUT2D eigenvalue weighted by Gasteiger charge is -2.03. The number of cyclic esters (lactones) is 1. The topological polar surface area (TPSA) is 69.7 Å². The number of fused-ring (bicyclic) bond motifs is 1. The van der Waals surface area contributed by atoms with Gasteiger partial charge in [0.05, 0.1) is 18.2 Å². The molecule has 0 spiro atoms. The zero-order valence-corrected chi connectivity index (χ0v) is 8.43. The van der Waals surface area contributed by atoms with Crippen molar-refractivity contribution < 1.29 is 23.9 Å². The lowest BCUT2D eigenvalue weighted by atomic mass is 10.0. The molecule has 5 nitrogen and oxygen atoms in total. The van der Waals surface area contributed by atoms with Crippen LogP contribution >= 0.6 is 0 Å². The third kappa shape index (κ3) is 1.46. The molecule has 1 heterocycles. The number of esters is 2. The molecule has 2 rings (SSSR count). The van der Waals surface area contributed by atoms with Crippen molar-refractivity contribution in [1.29, 1.82) is 0 Å². The molecule has 0 radical (unpaired) electrons. The first-order valence-electron chi connectivity index (χ1n) is 4.56. The van der Waals surface area contributed by atoms with Crippen LogP contribution in [0, 0.1) is 0 Å². The smallest absolute Gasteiger partial charge is 0.339 e. The van der Waals surface area contributed by atoms with Gasteiger partial charge in [-0.2, -0.15) is 0 Å². The molecule has 0 amide bonds. The molecule has 1 aromatic rings. The van der Waals surface area contributed by atoms with Crippen molar-refractivity contribution in [2.45, 2.75) is 6.10 Å². The fourth-order valence-electron chi connectivity index (χ4n) is 1.57. The van der Waals surface area contributed by atoms with Gasteiger partial charge in [0.25, 0.3) is 0 Å². The van der Waals surface area contributed by atoms with E-state index in [1.54, 1.807) is 0 Å². The second kappa shape index (κ2) is 3.77. The zero-order valence-electron chi connectivity index (χ0n) is 8.43. The predicted octanol–water partition coefficient (Wildman–Crippen LogP) is 0.884. The average Bonchev–Trinajstić information content (AvgIpc) is 2.64. The summed E-state index contributed by atoms with van der Waals surface area (Å²) in [5, 5.41) is 0. The van der Waals surface area contributed by atoms with E-state index >= 15 is 0 Å². The second-order valence-electron chi connectivity index (χ2n) is 3.26. The largest absolute Gasteiger partial charge is 0.465 e. The van der Waals surface area contributed by atoms with Crippen LogP contribution < -0.4 is 0 Å². The van der Waals surface area contributed by atoms with Crippen molar-refractivity contribution in [3.05, 3.63) is 34.9 Å². The third-order valence-electron chi connectivity index (χ3n) is 2.36. The molecule has 1 aliphatic rings. The Morgan fingerprint density at radius 3 is 2.88 bits per heavy atom. The highest BCUT2D eigenvalue weighted by Gasteiger charge is 2.31. The molecule has 5 heteroatoms. The van der Waals surface area contributed by atoms with E-state index in [1.807, 2.05) is 0 Å². The van der Waals surface area contributed by atoms with Crippen LogP contribution in [-0.4, -0.2) is 25.3 Å². The van der Waals surface area contributed by atoms with Gasteiger partial charge in [-0.3, -0.25) is 4.79 Å². The van der Waals surface area contributed by atoms with Crippen LogP contribution in [0.1, 0.15) is 32.4 Å². The zero-order chi connectivity index (χ0) is 11.7. The summed E-state index contributed by atoms with van der Waals surface area (Å²) in [6.45, 7) is 0. The Hall–Kier alpha value is -2.17. The van der Waals surface area contributed by atoms with Gasteiger partial charge in [-0.1, -0.05) is 0 Å². The molecule has 0 aliphatic carbocycles.